The lowest BCUT2D eigenvalue weighted by Gasteiger charge is -2.17. The van der Waals surface area contributed by atoms with E-state index in [1.54, 1.807) is 13.2 Å². The Labute approximate surface area is 187 Å². The monoisotopic (exact) mass is 451 g/mol. The van der Waals surface area contributed by atoms with Crippen molar-refractivity contribution in [1.82, 2.24) is 5.32 Å². The van der Waals surface area contributed by atoms with Crippen molar-refractivity contribution in [2.75, 3.05) is 13.7 Å². The van der Waals surface area contributed by atoms with Crippen LogP contribution < -0.4 is 14.8 Å². The van der Waals surface area contributed by atoms with Crippen LogP contribution in [-0.2, 0) is 13.2 Å². The van der Waals surface area contributed by atoms with Gasteiger partial charge in [0.2, 0.25) is 0 Å². The Morgan fingerprint density at radius 2 is 1.80 bits per heavy atom. The molecule has 1 atom stereocenters. The van der Waals surface area contributed by atoms with Crippen molar-refractivity contribution >= 4 is 24.0 Å². The number of hydrogen-bond acceptors (Lipinski definition) is 4. The minimum Gasteiger partial charge on any atom is -0.493 e. The molecule has 1 unspecified atom stereocenters. The third kappa shape index (κ3) is 6.34. The molecule has 2 N–H and O–H groups in total. The molecule has 0 aliphatic rings. The molecule has 160 valence electrons. The van der Waals surface area contributed by atoms with Crippen molar-refractivity contribution in [2.24, 2.45) is 0 Å². The summed E-state index contributed by atoms with van der Waals surface area (Å²) in [4.78, 5) is 0. The molecule has 0 fully saturated rings. The highest BCUT2D eigenvalue weighted by molar-refractivity contribution is 6.31. The number of hydrogen-bond donors (Lipinski definition) is 2. The van der Waals surface area contributed by atoms with Crippen LogP contribution in [0.2, 0.25) is 5.02 Å². The molecule has 3 aromatic rings. The average molecular weight is 452 g/mol. The highest BCUT2D eigenvalue weighted by atomic mass is 35.5. The molecule has 0 aromatic heterocycles. The van der Waals surface area contributed by atoms with Crippen molar-refractivity contribution in [2.45, 2.75) is 19.3 Å². The van der Waals surface area contributed by atoms with Crippen molar-refractivity contribution in [3.8, 4) is 11.5 Å². The summed E-state index contributed by atoms with van der Waals surface area (Å²) >= 11 is 6.09. The number of aliphatic hydroxyl groups is 1. The second kappa shape index (κ2) is 11.8. The first-order valence-electron chi connectivity index (χ1n) is 9.25. The Kier molecular flexibility index (Phi) is 9.40. The molecular weight excluding hydrogens is 428 g/mol. The first-order valence-corrected chi connectivity index (χ1v) is 9.62. The standard InChI is InChI=1S/C23H23ClFNO3.ClH/c1-28-22-9-5-8-17(13-26-14-21(27)16-6-3-2-4-7-16)23(22)29-15-18-10-11-19(25)12-20(18)24;/h2-12,21,26-27H,13-15H2,1H3;1H. The van der Waals surface area contributed by atoms with Gasteiger partial charge in [-0.05, 0) is 23.8 Å². The van der Waals surface area contributed by atoms with Gasteiger partial charge in [-0.1, -0.05) is 60.1 Å². The molecule has 0 aliphatic carbocycles. The van der Waals surface area contributed by atoms with Crippen LogP contribution in [0.5, 0.6) is 11.5 Å². The van der Waals surface area contributed by atoms with Crippen molar-refractivity contribution < 1.29 is 19.0 Å². The third-order valence-electron chi connectivity index (χ3n) is 4.50. The molecule has 3 rings (SSSR count). The molecule has 0 amide bonds. The zero-order valence-electron chi connectivity index (χ0n) is 16.5. The van der Waals surface area contributed by atoms with Crippen molar-refractivity contribution in [3.05, 3.63) is 94.3 Å². The molecule has 3 aromatic carbocycles. The van der Waals surface area contributed by atoms with Gasteiger partial charge in [0, 0.05) is 24.2 Å². The molecule has 0 saturated carbocycles. The van der Waals surface area contributed by atoms with Crippen LogP contribution in [0.25, 0.3) is 0 Å². The van der Waals surface area contributed by atoms with Crippen LogP contribution in [0, 0.1) is 5.82 Å². The van der Waals surface area contributed by atoms with Crippen LogP contribution in [-0.4, -0.2) is 18.8 Å². The number of halogens is 3. The molecule has 7 heteroatoms. The summed E-state index contributed by atoms with van der Waals surface area (Å²) in [5.74, 6) is 0.779. The number of aliphatic hydroxyl groups excluding tert-OH is 1. The number of rotatable bonds is 9. The first kappa shape index (κ1) is 24.0. The van der Waals surface area contributed by atoms with Gasteiger partial charge in [0.25, 0.3) is 0 Å². The molecule has 30 heavy (non-hydrogen) atoms. The second-order valence-electron chi connectivity index (χ2n) is 6.53. The summed E-state index contributed by atoms with van der Waals surface area (Å²) < 4.78 is 24.6. The maximum Gasteiger partial charge on any atom is 0.166 e. The van der Waals surface area contributed by atoms with Gasteiger partial charge in [-0.2, -0.15) is 0 Å². The van der Waals surface area contributed by atoms with Gasteiger partial charge in [-0.15, -0.1) is 12.4 Å². The van der Waals surface area contributed by atoms with E-state index < -0.39 is 11.9 Å². The fourth-order valence-electron chi connectivity index (χ4n) is 2.95. The summed E-state index contributed by atoms with van der Waals surface area (Å²) in [5, 5.41) is 13.9. The minimum atomic E-state index is -0.607. The fraction of sp³-hybridized carbons (Fsp3) is 0.217. The summed E-state index contributed by atoms with van der Waals surface area (Å²) in [6.45, 7) is 1.05. The largest absolute Gasteiger partial charge is 0.493 e. The lowest BCUT2D eigenvalue weighted by molar-refractivity contribution is 0.174. The SMILES string of the molecule is COc1cccc(CNCC(O)c2ccccc2)c1OCc1ccc(F)cc1Cl.Cl. The van der Waals surface area contributed by atoms with E-state index in [0.29, 0.717) is 35.2 Å². The summed E-state index contributed by atoms with van der Waals surface area (Å²) in [6, 6.07) is 19.3. The van der Waals surface area contributed by atoms with Gasteiger partial charge < -0.3 is 19.9 Å². The van der Waals surface area contributed by atoms with Crippen molar-refractivity contribution in [1.29, 1.82) is 0 Å². The molecule has 0 radical (unpaired) electrons. The Morgan fingerprint density at radius 3 is 2.50 bits per heavy atom. The van der Waals surface area contributed by atoms with Gasteiger partial charge in [-0.3, -0.25) is 0 Å². The van der Waals surface area contributed by atoms with Gasteiger partial charge in [0.1, 0.15) is 12.4 Å². The highest BCUT2D eigenvalue weighted by Crippen LogP contribution is 2.32. The topological polar surface area (TPSA) is 50.7 Å². The quantitative estimate of drug-likeness (QED) is 0.462. The zero-order chi connectivity index (χ0) is 20.6. The van der Waals surface area contributed by atoms with Gasteiger partial charge in [0.05, 0.1) is 18.2 Å². The van der Waals surface area contributed by atoms with Crippen LogP contribution in [0.4, 0.5) is 4.39 Å². The van der Waals surface area contributed by atoms with E-state index in [4.69, 9.17) is 21.1 Å². The van der Waals surface area contributed by atoms with Gasteiger partial charge in [-0.25, -0.2) is 4.39 Å². The molecule has 4 nitrogen and oxygen atoms in total. The van der Waals surface area contributed by atoms with E-state index in [9.17, 15) is 9.50 Å². The van der Waals surface area contributed by atoms with Gasteiger partial charge in [0.15, 0.2) is 11.5 Å². The van der Waals surface area contributed by atoms with Crippen LogP contribution >= 0.6 is 24.0 Å². The van der Waals surface area contributed by atoms with E-state index in [1.807, 2.05) is 48.5 Å². The maximum absolute atomic E-state index is 13.2. The molecule has 0 aliphatic heterocycles. The number of ether oxygens (including phenoxy) is 2. The Bertz CT molecular complexity index is 941. The Morgan fingerprint density at radius 1 is 1.03 bits per heavy atom. The normalized spacial score (nSPS) is 11.5. The Balaban J connectivity index is 0.00000320. The van der Waals surface area contributed by atoms with E-state index in [1.165, 1.54) is 12.1 Å². The van der Waals surface area contributed by atoms with Crippen molar-refractivity contribution in [3.63, 3.8) is 0 Å². The molecule has 0 bridgehead atoms. The maximum atomic E-state index is 13.2. The molecule has 0 spiro atoms. The van der Waals surface area contributed by atoms with Gasteiger partial charge >= 0.3 is 0 Å². The van der Waals surface area contributed by atoms with Crippen LogP contribution in [0.3, 0.4) is 0 Å². The highest BCUT2D eigenvalue weighted by Gasteiger charge is 2.13. The first-order chi connectivity index (χ1) is 14.1. The molecule has 0 saturated heterocycles. The summed E-state index contributed by atoms with van der Waals surface area (Å²) in [7, 11) is 1.57. The van der Waals surface area contributed by atoms with E-state index in [0.717, 1.165) is 11.1 Å². The number of nitrogens with one attached hydrogen (secondary N) is 1. The van der Waals surface area contributed by atoms with E-state index in [-0.39, 0.29) is 19.0 Å². The van der Waals surface area contributed by atoms with Crippen LogP contribution in [0.15, 0.2) is 66.7 Å². The summed E-state index contributed by atoms with van der Waals surface area (Å²) in [6.07, 6.45) is -0.607. The number of methoxy groups -OCH3 is 1. The molecule has 0 heterocycles. The Hall–Kier alpha value is -2.31. The lowest BCUT2D eigenvalue weighted by atomic mass is 10.1. The van der Waals surface area contributed by atoms with Crippen LogP contribution in [0.1, 0.15) is 22.8 Å². The van der Waals surface area contributed by atoms with E-state index in [2.05, 4.69) is 5.32 Å². The zero-order valence-corrected chi connectivity index (χ0v) is 18.0. The predicted octanol–water partition coefficient (Wildman–Crippen LogP) is 5.31. The number of benzene rings is 3. The lowest BCUT2D eigenvalue weighted by Crippen LogP contribution is -2.21. The predicted molar refractivity (Wildman–Crippen MR) is 119 cm³/mol. The minimum absolute atomic E-state index is 0. The van der Waals surface area contributed by atoms with E-state index >= 15 is 0 Å². The second-order valence-corrected chi connectivity index (χ2v) is 6.94. The number of para-hydroxylation sites is 1. The summed E-state index contributed by atoms with van der Waals surface area (Å²) in [5.41, 5.74) is 2.41. The smallest absolute Gasteiger partial charge is 0.166 e. The molecular formula is C23H24Cl2FNO3. The third-order valence-corrected chi connectivity index (χ3v) is 4.86. The fourth-order valence-corrected chi connectivity index (χ4v) is 3.17. The average Bonchev–Trinajstić information content (AvgIpc) is 2.74.